The number of carbonyl (C=O) groups is 2. The minimum absolute atomic E-state index is 0.0691. The molecular weight excluding hydrogens is 528 g/mol. The highest BCUT2D eigenvalue weighted by Crippen LogP contribution is 2.46. The van der Waals surface area contributed by atoms with Crippen molar-refractivity contribution in [2.45, 2.75) is 13.0 Å². The van der Waals surface area contributed by atoms with Crippen LogP contribution in [0.1, 0.15) is 24.1 Å². The molecular formula is C28H23ClN2O6S. The molecule has 1 aliphatic rings. The van der Waals surface area contributed by atoms with Crippen molar-refractivity contribution in [3.8, 4) is 17.2 Å². The van der Waals surface area contributed by atoms with Crippen molar-refractivity contribution in [2.24, 2.45) is 0 Å². The lowest BCUT2D eigenvalue weighted by atomic mass is 9.95. The fraction of sp³-hybridized carbons (Fsp3) is 0.179. The van der Waals surface area contributed by atoms with E-state index in [4.69, 9.17) is 25.8 Å². The zero-order valence-corrected chi connectivity index (χ0v) is 22.3. The van der Waals surface area contributed by atoms with Gasteiger partial charge in [-0.25, -0.2) is 4.98 Å². The fourth-order valence-electron chi connectivity index (χ4n) is 4.36. The van der Waals surface area contributed by atoms with Crippen molar-refractivity contribution in [2.75, 3.05) is 25.7 Å². The number of thiazole rings is 1. The second-order valence-corrected chi connectivity index (χ2v) is 9.79. The Morgan fingerprint density at radius 3 is 2.47 bits per heavy atom. The third kappa shape index (κ3) is 4.44. The summed E-state index contributed by atoms with van der Waals surface area (Å²) in [6.07, 6.45) is 0. The van der Waals surface area contributed by atoms with E-state index in [2.05, 4.69) is 4.98 Å². The number of aliphatic hydroxyl groups excluding tert-OH is 1. The molecule has 1 atom stereocenters. The van der Waals surface area contributed by atoms with E-state index in [9.17, 15) is 14.7 Å². The maximum absolute atomic E-state index is 13.5. The molecule has 1 amide bonds. The van der Waals surface area contributed by atoms with Crippen LogP contribution in [0.15, 0.2) is 66.2 Å². The predicted octanol–water partition coefficient (Wildman–Crippen LogP) is 5.99. The normalized spacial score (nSPS) is 16.7. The lowest BCUT2D eigenvalue weighted by Crippen LogP contribution is -2.29. The standard InChI is InChI=1S/C28H23ClN2O6S/c1-4-37-20-12-7-16(13-21(20)36-3)24-23(25(32)15-5-8-17(29)9-6-15)26(33)27(34)31(24)28-30-19-11-10-18(35-2)14-22(19)38-28/h5-14,24,32H,4H2,1-3H3. The van der Waals surface area contributed by atoms with E-state index in [0.717, 1.165) is 4.70 Å². The van der Waals surface area contributed by atoms with Crippen LogP contribution in [0.4, 0.5) is 5.13 Å². The van der Waals surface area contributed by atoms with Gasteiger partial charge in [-0.15, -0.1) is 0 Å². The van der Waals surface area contributed by atoms with Gasteiger partial charge in [-0.2, -0.15) is 0 Å². The predicted molar refractivity (Wildman–Crippen MR) is 147 cm³/mol. The largest absolute Gasteiger partial charge is 0.507 e. The van der Waals surface area contributed by atoms with E-state index >= 15 is 0 Å². The van der Waals surface area contributed by atoms with Crippen molar-refractivity contribution in [3.05, 3.63) is 82.4 Å². The number of methoxy groups -OCH3 is 2. The Morgan fingerprint density at radius 2 is 1.79 bits per heavy atom. The molecule has 1 N–H and O–H groups in total. The number of Topliss-reactive ketones (excluding diaryl/α,β-unsaturated/α-hetero) is 1. The number of ketones is 1. The summed E-state index contributed by atoms with van der Waals surface area (Å²) in [5.41, 5.74) is 1.47. The van der Waals surface area contributed by atoms with Crippen molar-refractivity contribution in [1.29, 1.82) is 0 Å². The van der Waals surface area contributed by atoms with Crippen LogP contribution in [0.3, 0.4) is 0 Å². The van der Waals surface area contributed by atoms with Crippen LogP contribution in [-0.4, -0.2) is 42.6 Å². The number of fused-ring (bicyclic) bond motifs is 1. The SMILES string of the molecule is CCOc1ccc(C2C(=C(O)c3ccc(Cl)cc3)C(=O)C(=O)N2c2nc3ccc(OC)cc3s2)cc1OC. The first-order chi connectivity index (χ1) is 18.4. The lowest BCUT2D eigenvalue weighted by Gasteiger charge is -2.24. The molecule has 3 aromatic carbocycles. The molecule has 1 aromatic heterocycles. The van der Waals surface area contributed by atoms with Crippen molar-refractivity contribution in [1.82, 2.24) is 4.98 Å². The Balaban J connectivity index is 1.72. The maximum atomic E-state index is 13.5. The molecule has 1 saturated heterocycles. The number of amides is 1. The van der Waals surface area contributed by atoms with Gasteiger partial charge < -0.3 is 19.3 Å². The van der Waals surface area contributed by atoms with Crippen molar-refractivity contribution in [3.63, 3.8) is 0 Å². The number of benzene rings is 3. The monoisotopic (exact) mass is 550 g/mol. The first-order valence-corrected chi connectivity index (χ1v) is 12.9. The van der Waals surface area contributed by atoms with Gasteiger partial charge >= 0.3 is 5.91 Å². The number of aromatic nitrogens is 1. The van der Waals surface area contributed by atoms with Gasteiger partial charge in [0.1, 0.15) is 11.5 Å². The highest BCUT2D eigenvalue weighted by atomic mass is 35.5. The number of nitrogens with zero attached hydrogens (tertiary/aromatic N) is 2. The highest BCUT2D eigenvalue weighted by molar-refractivity contribution is 7.22. The van der Waals surface area contributed by atoms with Gasteiger partial charge in [-0.1, -0.05) is 29.0 Å². The Morgan fingerprint density at radius 1 is 1.03 bits per heavy atom. The second kappa shape index (κ2) is 10.4. The summed E-state index contributed by atoms with van der Waals surface area (Å²) < 4.78 is 17.3. The van der Waals surface area contributed by atoms with Crippen LogP contribution in [0.25, 0.3) is 16.0 Å². The van der Waals surface area contributed by atoms with Crippen LogP contribution in [0, 0.1) is 0 Å². The van der Waals surface area contributed by atoms with Gasteiger partial charge in [-0.05, 0) is 67.1 Å². The first kappa shape index (κ1) is 25.6. The molecule has 1 unspecified atom stereocenters. The average molecular weight is 551 g/mol. The fourth-order valence-corrected chi connectivity index (χ4v) is 5.51. The van der Waals surface area contributed by atoms with E-state index in [0.29, 0.717) is 50.7 Å². The number of anilines is 1. The van der Waals surface area contributed by atoms with Crippen LogP contribution in [0.5, 0.6) is 17.2 Å². The Labute approximate surface area is 227 Å². The van der Waals surface area contributed by atoms with Crippen molar-refractivity contribution >= 4 is 55.7 Å². The molecule has 0 spiro atoms. The summed E-state index contributed by atoms with van der Waals surface area (Å²) in [6, 6.07) is 15.9. The number of aliphatic hydroxyl groups is 1. The molecule has 0 bridgehead atoms. The van der Waals surface area contributed by atoms with E-state index in [1.165, 1.54) is 23.3 Å². The number of hydrogen-bond acceptors (Lipinski definition) is 8. The van der Waals surface area contributed by atoms with Gasteiger partial charge in [0.15, 0.2) is 16.6 Å². The Kier molecular flexibility index (Phi) is 6.96. The number of rotatable bonds is 7. The molecule has 1 fully saturated rings. The van der Waals surface area contributed by atoms with Gasteiger partial charge in [-0.3, -0.25) is 14.5 Å². The van der Waals surface area contributed by atoms with Gasteiger partial charge in [0.05, 0.1) is 42.7 Å². The summed E-state index contributed by atoms with van der Waals surface area (Å²) in [6.45, 7) is 2.29. The molecule has 4 aromatic rings. The number of halogens is 1. The van der Waals surface area contributed by atoms with Crippen LogP contribution in [0.2, 0.25) is 5.02 Å². The zero-order chi connectivity index (χ0) is 27.0. The molecule has 0 saturated carbocycles. The smallest absolute Gasteiger partial charge is 0.301 e. The van der Waals surface area contributed by atoms with Gasteiger partial charge in [0, 0.05) is 10.6 Å². The van der Waals surface area contributed by atoms with Crippen molar-refractivity contribution < 1.29 is 28.9 Å². The molecule has 194 valence electrons. The van der Waals surface area contributed by atoms with Crippen LogP contribution < -0.4 is 19.1 Å². The summed E-state index contributed by atoms with van der Waals surface area (Å²) in [5.74, 6) is -0.360. The minimum Gasteiger partial charge on any atom is -0.507 e. The number of hydrogen-bond donors (Lipinski definition) is 1. The molecule has 0 radical (unpaired) electrons. The Bertz CT molecular complexity index is 1580. The average Bonchev–Trinajstić information content (AvgIpc) is 3.46. The second-order valence-electron chi connectivity index (χ2n) is 8.35. The molecule has 2 heterocycles. The summed E-state index contributed by atoms with van der Waals surface area (Å²) in [7, 11) is 3.07. The van der Waals surface area contributed by atoms with Gasteiger partial charge in [0.25, 0.3) is 5.78 Å². The Hall–Kier alpha value is -4.08. The summed E-state index contributed by atoms with van der Waals surface area (Å²) >= 11 is 7.27. The van der Waals surface area contributed by atoms with Gasteiger partial charge in [0.2, 0.25) is 0 Å². The maximum Gasteiger partial charge on any atom is 0.301 e. The van der Waals surface area contributed by atoms with E-state index in [1.54, 1.807) is 61.7 Å². The van der Waals surface area contributed by atoms with E-state index in [1.807, 2.05) is 13.0 Å². The molecule has 1 aliphatic heterocycles. The summed E-state index contributed by atoms with van der Waals surface area (Å²) in [4.78, 5) is 32.9. The van der Waals surface area contributed by atoms with E-state index in [-0.39, 0.29) is 11.3 Å². The number of ether oxygens (including phenoxy) is 3. The van der Waals surface area contributed by atoms with E-state index < -0.39 is 17.7 Å². The molecule has 10 heteroatoms. The molecule has 8 nitrogen and oxygen atoms in total. The molecule has 0 aliphatic carbocycles. The quantitative estimate of drug-likeness (QED) is 0.171. The first-order valence-electron chi connectivity index (χ1n) is 11.7. The zero-order valence-electron chi connectivity index (χ0n) is 20.7. The minimum atomic E-state index is -0.974. The molecule has 38 heavy (non-hydrogen) atoms. The topological polar surface area (TPSA) is 98.2 Å². The van der Waals surface area contributed by atoms with Crippen LogP contribution in [-0.2, 0) is 9.59 Å². The third-order valence-corrected chi connectivity index (χ3v) is 7.43. The number of carbonyl (C=O) groups excluding carboxylic acids is 2. The van der Waals surface area contributed by atoms with Crippen LogP contribution >= 0.6 is 22.9 Å². The molecule has 5 rings (SSSR count). The third-order valence-electron chi connectivity index (χ3n) is 6.16. The summed E-state index contributed by atoms with van der Waals surface area (Å²) in [5, 5.41) is 12.1. The lowest BCUT2D eigenvalue weighted by molar-refractivity contribution is -0.132. The highest BCUT2D eigenvalue weighted by Gasteiger charge is 2.48.